The zero-order chi connectivity index (χ0) is 16.8. The monoisotopic (exact) mass is 352 g/mol. The molecule has 0 radical (unpaired) electrons. The number of halogens is 3. The second kappa shape index (κ2) is 7.95. The molecular weight excluding hydrogens is 342 g/mol. The van der Waals surface area contributed by atoms with E-state index in [4.69, 9.17) is 16.9 Å². The third-order valence-electron chi connectivity index (χ3n) is 2.85. The van der Waals surface area contributed by atoms with Crippen LogP contribution in [0.2, 0.25) is 5.02 Å². The molecule has 0 unspecified atom stereocenters. The first-order valence-corrected chi connectivity index (χ1v) is 7.93. The largest absolute Gasteiger partial charge is 0.326 e. The van der Waals surface area contributed by atoms with Crippen LogP contribution in [0.25, 0.3) is 0 Å². The van der Waals surface area contributed by atoms with Gasteiger partial charge in [-0.3, -0.25) is 4.79 Å². The fraction of sp³-hybridized carbons (Fsp3) is 0.125. The molecule has 23 heavy (non-hydrogen) atoms. The average molecular weight is 353 g/mol. The van der Waals surface area contributed by atoms with Crippen LogP contribution < -0.4 is 5.32 Å². The Kier molecular flexibility index (Phi) is 5.97. The first-order valence-electron chi connectivity index (χ1n) is 6.57. The Morgan fingerprint density at radius 2 is 2.04 bits per heavy atom. The van der Waals surface area contributed by atoms with E-state index in [1.807, 2.05) is 6.07 Å². The van der Waals surface area contributed by atoms with Gasteiger partial charge < -0.3 is 5.32 Å². The molecule has 0 aliphatic rings. The lowest BCUT2D eigenvalue weighted by molar-refractivity contribution is -0.115. The van der Waals surface area contributed by atoms with Gasteiger partial charge >= 0.3 is 0 Å². The number of benzene rings is 2. The van der Waals surface area contributed by atoms with Crippen LogP contribution in [0.5, 0.6) is 0 Å². The van der Waals surface area contributed by atoms with Crippen LogP contribution >= 0.6 is 23.4 Å². The van der Waals surface area contributed by atoms with Gasteiger partial charge in [-0.15, -0.1) is 11.8 Å². The predicted octanol–water partition coefficient (Wildman–Crippen LogP) is 4.61. The lowest BCUT2D eigenvalue weighted by atomic mass is 10.2. The van der Waals surface area contributed by atoms with Gasteiger partial charge in [0.05, 0.1) is 10.6 Å². The van der Waals surface area contributed by atoms with E-state index in [2.05, 4.69) is 5.32 Å². The molecule has 118 valence electrons. The summed E-state index contributed by atoms with van der Waals surface area (Å²) in [6, 6.07) is 9.83. The maximum absolute atomic E-state index is 13.4. The standard InChI is InChI=1S/C16H11ClF2N2OS/c17-13-8-12(3-1-10(13)9-20)21-16(22)5-6-23-15-4-2-11(18)7-14(15)19/h1-4,7-8H,5-6H2,(H,21,22). The number of carbonyl (C=O) groups is 1. The fourth-order valence-corrected chi connectivity index (χ4v) is 2.84. The van der Waals surface area contributed by atoms with Gasteiger partial charge in [0.25, 0.3) is 0 Å². The molecule has 0 saturated carbocycles. The Hall–Kier alpha value is -2.10. The van der Waals surface area contributed by atoms with Gasteiger partial charge in [0.2, 0.25) is 5.91 Å². The molecule has 0 saturated heterocycles. The number of hydrogen-bond donors (Lipinski definition) is 1. The molecule has 2 rings (SSSR count). The Morgan fingerprint density at radius 3 is 2.70 bits per heavy atom. The molecule has 0 aromatic heterocycles. The highest BCUT2D eigenvalue weighted by Crippen LogP contribution is 2.24. The van der Waals surface area contributed by atoms with E-state index in [1.165, 1.54) is 24.3 Å². The Balaban J connectivity index is 1.86. The quantitative estimate of drug-likeness (QED) is 0.799. The third-order valence-corrected chi connectivity index (χ3v) is 4.22. The molecule has 2 aromatic carbocycles. The maximum Gasteiger partial charge on any atom is 0.225 e. The molecule has 0 aliphatic heterocycles. The van der Waals surface area contributed by atoms with E-state index in [9.17, 15) is 13.6 Å². The van der Waals surface area contributed by atoms with Gasteiger partial charge in [0.1, 0.15) is 17.7 Å². The van der Waals surface area contributed by atoms with E-state index in [1.54, 1.807) is 6.07 Å². The number of nitrogens with zero attached hydrogens (tertiary/aromatic N) is 1. The van der Waals surface area contributed by atoms with Crippen molar-refractivity contribution in [3.05, 3.63) is 58.6 Å². The second-order valence-corrected chi connectivity index (χ2v) is 6.07. The summed E-state index contributed by atoms with van der Waals surface area (Å²) in [5.74, 6) is -1.20. The minimum atomic E-state index is -0.644. The topological polar surface area (TPSA) is 52.9 Å². The number of amides is 1. The van der Waals surface area contributed by atoms with Crippen molar-refractivity contribution < 1.29 is 13.6 Å². The Bertz CT molecular complexity index is 777. The third kappa shape index (κ3) is 4.95. The van der Waals surface area contributed by atoms with Crippen molar-refractivity contribution in [1.82, 2.24) is 0 Å². The molecule has 3 nitrogen and oxygen atoms in total. The van der Waals surface area contributed by atoms with Crippen molar-refractivity contribution in [2.45, 2.75) is 11.3 Å². The normalized spacial score (nSPS) is 10.2. The Labute approximate surface area is 141 Å². The molecule has 0 bridgehead atoms. The molecule has 1 amide bonds. The van der Waals surface area contributed by atoms with Gasteiger partial charge in [0.15, 0.2) is 0 Å². The summed E-state index contributed by atoms with van der Waals surface area (Å²) in [5.41, 5.74) is 0.809. The fourth-order valence-electron chi connectivity index (χ4n) is 1.75. The number of rotatable bonds is 5. The number of carbonyl (C=O) groups excluding carboxylic acids is 1. The van der Waals surface area contributed by atoms with Crippen LogP contribution in [0.1, 0.15) is 12.0 Å². The van der Waals surface area contributed by atoms with Gasteiger partial charge in [-0.2, -0.15) is 5.26 Å². The summed E-state index contributed by atoms with van der Waals surface area (Å²) in [6.45, 7) is 0. The number of nitrogens with one attached hydrogen (secondary N) is 1. The summed E-state index contributed by atoms with van der Waals surface area (Å²) in [5, 5.41) is 11.7. The second-order valence-electron chi connectivity index (χ2n) is 4.53. The van der Waals surface area contributed by atoms with Gasteiger partial charge in [0, 0.05) is 28.8 Å². The van der Waals surface area contributed by atoms with Crippen molar-refractivity contribution in [3.8, 4) is 6.07 Å². The number of anilines is 1. The highest BCUT2D eigenvalue weighted by Gasteiger charge is 2.08. The van der Waals surface area contributed by atoms with Gasteiger partial charge in [-0.1, -0.05) is 11.6 Å². The molecule has 0 atom stereocenters. The van der Waals surface area contributed by atoms with E-state index in [-0.39, 0.29) is 17.4 Å². The van der Waals surface area contributed by atoms with Crippen molar-refractivity contribution in [2.75, 3.05) is 11.1 Å². The first kappa shape index (κ1) is 17.3. The lowest BCUT2D eigenvalue weighted by Gasteiger charge is -2.07. The number of nitriles is 1. The van der Waals surface area contributed by atoms with Crippen LogP contribution in [0, 0.1) is 23.0 Å². The van der Waals surface area contributed by atoms with Crippen LogP contribution in [0.15, 0.2) is 41.3 Å². The SMILES string of the molecule is N#Cc1ccc(NC(=O)CCSc2ccc(F)cc2F)cc1Cl. The molecule has 0 spiro atoms. The Morgan fingerprint density at radius 1 is 1.26 bits per heavy atom. The summed E-state index contributed by atoms with van der Waals surface area (Å²) < 4.78 is 26.2. The summed E-state index contributed by atoms with van der Waals surface area (Å²) >= 11 is 7.01. The van der Waals surface area contributed by atoms with E-state index in [0.29, 0.717) is 21.9 Å². The zero-order valence-corrected chi connectivity index (χ0v) is 13.3. The van der Waals surface area contributed by atoms with E-state index >= 15 is 0 Å². The molecular formula is C16H11ClF2N2OS. The molecule has 7 heteroatoms. The van der Waals surface area contributed by atoms with Gasteiger partial charge in [-0.05, 0) is 30.3 Å². The minimum Gasteiger partial charge on any atom is -0.326 e. The van der Waals surface area contributed by atoms with Gasteiger partial charge in [-0.25, -0.2) is 8.78 Å². The van der Waals surface area contributed by atoms with Crippen molar-refractivity contribution >= 4 is 35.0 Å². The van der Waals surface area contributed by atoms with Crippen LogP contribution in [-0.2, 0) is 4.79 Å². The highest BCUT2D eigenvalue weighted by molar-refractivity contribution is 7.99. The molecule has 0 aliphatic carbocycles. The maximum atomic E-state index is 13.4. The molecule has 2 aromatic rings. The lowest BCUT2D eigenvalue weighted by Crippen LogP contribution is -2.12. The number of thioether (sulfide) groups is 1. The van der Waals surface area contributed by atoms with E-state index < -0.39 is 11.6 Å². The number of hydrogen-bond acceptors (Lipinski definition) is 3. The van der Waals surface area contributed by atoms with Crippen molar-refractivity contribution in [1.29, 1.82) is 5.26 Å². The molecule has 0 heterocycles. The summed E-state index contributed by atoms with van der Waals surface area (Å²) in [7, 11) is 0. The highest BCUT2D eigenvalue weighted by atomic mass is 35.5. The summed E-state index contributed by atoms with van der Waals surface area (Å²) in [6.07, 6.45) is 0.152. The van der Waals surface area contributed by atoms with Crippen LogP contribution in [-0.4, -0.2) is 11.7 Å². The summed E-state index contributed by atoms with van der Waals surface area (Å²) in [4.78, 5) is 12.1. The van der Waals surface area contributed by atoms with Crippen molar-refractivity contribution in [2.24, 2.45) is 0 Å². The molecule has 1 N–H and O–H groups in total. The smallest absolute Gasteiger partial charge is 0.225 e. The zero-order valence-electron chi connectivity index (χ0n) is 11.8. The van der Waals surface area contributed by atoms with E-state index in [0.717, 1.165) is 17.8 Å². The average Bonchev–Trinajstić information content (AvgIpc) is 2.49. The first-order chi connectivity index (χ1) is 11.0. The van der Waals surface area contributed by atoms with Crippen molar-refractivity contribution in [3.63, 3.8) is 0 Å². The van der Waals surface area contributed by atoms with Crippen LogP contribution in [0.4, 0.5) is 14.5 Å². The van der Waals surface area contributed by atoms with Crippen LogP contribution in [0.3, 0.4) is 0 Å². The predicted molar refractivity (Wildman–Crippen MR) is 86.5 cm³/mol. The minimum absolute atomic E-state index is 0.152. The molecule has 0 fully saturated rings.